The summed E-state index contributed by atoms with van der Waals surface area (Å²) in [5.74, 6) is 0. The second kappa shape index (κ2) is 2.43. The minimum absolute atomic E-state index is 1.26. The average molecular weight is 134 g/mol. The number of hydrogen-bond donors (Lipinski definition) is 1. The van der Waals surface area contributed by atoms with Crippen LogP contribution in [0.25, 0.3) is 0 Å². The zero-order valence-electron chi connectivity index (χ0n) is 6.01. The van der Waals surface area contributed by atoms with Crippen LogP contribution < -0.4 is 5.32 Å². The third kappa shape index (κ3) is 0.929. The van der Waals surface area contributed by atoms with E-state index in [1.54, 1.807) is 0 Å². The van der Waals surface area contributed by atoms with Crippen molar-refractivity contribution >= 4 is 5.69 Å². The first kappa shape index (κ1) is 5.93. The minimum atomic E-state index is 1.26. The van der Waals surface area contributed by atoms with Gasteiger partial charge in [-0.15, -0.1) is 0 Å². The van der Waals surface area contributed by atoms with Crippen molar-refractivity contribution in [1.29, 1.82) is 0 Å². The Morgan fingerprint density at radius 2 is 2.10 bits per heavy atom. The topological polar surface area (TPSA) is 16.6 Å². The van der Waals surface area contributed by atoms with Gasteiger partial charge in [-0.1, -0.05) is 18.2 Å². The van der Waals surface area contributed by atoms with E-state index in [4.69, 9.17) is 0 Å². The van der Waals surface area contributed by atoms with Crippen LogP contribution in [0.3, 0.4) is 0 Å². The summed E-state index contributed by atoms with van der Waals surface area (Å²) < 4.78 is 0. The van der Waals surface area contributed by atoms with Crippen LogP contribution in [0.5, 0.6) is 0 Å². The molecule has 0 saturated heterocycles. The summed E-state index contributed by atoms with van der Waals surface area (Å²) in [4.78, 5) is 0. The summed E-state index contributed by atoms with van der Waals surface area (Å²) >= 11 is 0. The number of rotatable bonds is 0. The van der Waals surface area contributed by atoms with Gasteiger partial charge in [0.15, 0.2) is 0 Å². The second-order valence-corrected chi connectivity index (χ2v) is 2.80. The molecule has 0 atom stereocenters. The Morgan fingerprint density at radius 1 is 1.20 bits per heavy atom. The summed E-state index contributed by atoms with van der Waals surface area (Å²) in [6, 6.07) is 8.66. The molecule has 0 radical (unpaired) electrons. The van der Waals surface area contributed by atoms with Crippen LogP contribution in [0.15, 0.2) is 24.3 Å². The summed E-state index contributed by atoms with van der Waals surface area (Å²) in [5.41, 5.74) is 2.97. The quantitative estimate of drug-likeness (QED) is 0.506. The molecule has 0 spiro atoms. The van der Waals surface area contributed by atoms with Crippen molar-refractivity contribution in [3.63, 3.8) is 0 Å². The molecule has 1 heteroatoms. The molecule has 2 N–H and O–H groups in total. The highest BCUT2D eigenvalue weighted by molar-refractivity contribution is 5.39. The summed E-state index contributed by atoms with van der Waals surface area (Å²) in [6.07, 6.45) is 2.60. The molecule has 1 nitrogen and oxygen atoms in total. The molecule has 0 aromatic heterocycles. The number of aryl methyl sites for hydroxylation is 1. The molecule has 1 heterocycles. The first-order valence-electron chi connectivity index (χ1n) is 3.88. The molecule has 0 unspecified atom stereocenters. The lowest BCUT2D eigenvalue weighted by molar-refractivity contribution is -0.575. The van der Waals surface area contributed by atoms with Crippen molar-refractivity contribution in [3.8, 4) is 0 Å². The predicted octanol–water partition coefficient (Wildman–Crippen LogP) is 0.828. The fourth-order valence-electron chi connectivity index (χ4n) is 1.51. The third-order valence-corrected chi connectivity index (χ3v) is 2.07. The van der Waals surface area contributed by atoms with E-state index in [9.17, 15) is 0 Å². The van der Waals surface area contributed by atoms with E-state index in [1.807, 2.05) is 0 Å². The highest BCUT2D eigenvalue weighted by Crippen LogP contribution is 2.13. The maximum absolute atomic E-state index is 2.33. The smallest absolute Gasteiger partial charge is 0.132 e. The third-order valence-electron chi connectivity index (χ3n) is 2.07. The van der Waals surface area contributed by atoms with Crippen LogP contribution in [-0.2, 0) is 6.42 Å². The molecule has 2 rings (SSSR count). The molecule has 1 aromatic rings. The highest BCUT2D eigenvalue weighted by atomic mass is 14.9. The van der Waals surface area contributed by atoms with Crippen molar-refractivity contribution in [2.75, 3.05) is 6.54 Å². The molecule has 0 saturated carbocycles. The van der Waals surface area contributed by atoms with Gasteiger partial charge in [-0.05, 0) is 12.5 Å². The van der Waals surface area contributed by atoms with Gasteiger partial charge in [0.1, 0.15) is 5.69 Å². The summed E-state index contributed by atoms with van der Waals surface area (Å²) in [7, 11) is 0. The van der Waals surface area contributed by atoms with E-state index in [0.29, 0.717) is 0 Å². The lowest BCUT2D eigenvalue weighted by Crippen LogP contribution is -2.79. The molecule has 10 heavy (non-hydrogen) atoms. The van der Waals surface area contributed by atoms with Crippen LogP contribution in [0, 0.1) is 0 Å². The Balaban J connectivity index is 2.41. The number of nitrogens with two attached hydrogens (primary N) is 1. The highest BCUT2D eigenvalue weighted by Gasteiger charge is 2.09. The summed E-state index contributed by atoms with van der Waals surface area (Å²) in [5, 5.41) is 2.33. The Labute approximate surface area is 61.1 Å². The zero-order chi connectivity index (χ0) is 6.81. The number of quaternary nitrogens is 1. The van der Waals surface area contributed by atoms with E-state index in [-0.39, 0.29) is 0 Å². The maximum Gasteiger partial charge on any atom is 0.132 e. The number of para-hydroxylation sites is 1. The fraction of sp³-hybridized carbons (Fsp3) is 0.333. The molecule has 1 aromatic carbocycles. The van der Waals surface area contributed by atoms with Gasteiger partial charge in [0.05, 0.1) is 6.54 Å². The fourth-order valence-corrected chi connectivity index (χ4v) is 1.51. The normalized spacial score (nSPS) is 16.4. The number of benzene rings is 1. The second-order valence-electron chi connectivity index (χ2n) is 2.80. The van der Waals surface area contributed by atoms with Gasteiger partial charge in [0.2, 0.25) is 0 Å². The van der Waals surface area contributed by atoms with Gasteiger partial charge in [-0.3, -0.25) is 0 Å². The van der Waals surface area contributed by atoms with Gasteiger partial charge in [-0.25, -0.2) is 0 Å². The van der Waals surface area contributed by atoms with Crippen molar-refractivity contribution in [2.24, 2.45) is 0 Å². The Bertz CT molecular complexity index is 205. The maximum atomic E-state index is 2.33. The zero-order valence-corrected chi connectivity index (χ0v) is 6.01. The monoisotopic (exact) mass is 134 g/mol. The molecular weight excluding hydrogens is 122 g/mol. The van der Waals surface area contributed by atoms with Crippen LogP contribution >= 0.6 is 0 Å². The lowest BCUT2D eigenvalue weighted by atomic mass is 10.0. The number of fused-ring (bicyclic) bond motifs is 1. The molecule has 1 aliphatic heterocycles. The van der Waals surface area contributed by atoms with Gasteiger partial charge >= 0.3 is 0 Å². The SMILES string of the molecule is c1ccc2c(c1)CCC[NH2+]2. The van der Waals surface area contributed by atoms with Gasteiger partial charge in [0.25, 0.3) is 0 Å². The minimum Gasteiger partial charge on any atom is -0.314 e. The standard InChI is InChI=1S/C9H11N/c1-2-6-9-8(4-1)5-3-7-10-9/h1-2,4,6,10H,3,5,7H2/p+1. The van der Waals surface area contributed by atoms with E-state index < -0.39 is 0 Å². The molecule has 52 valence electrons. The van der Waals surface area contributed by atoms with E-state index >= 15 is 0 Å². The van der Waals surface area contributed by atoms with Gasteiger partial charge < -0.3 is 5.32 Å². The Hall–Kier alpha value is -0.820. The van der Waals surface area contributed by atoms with E-state index in [0.717, 1.165) is 0 Å². The van der Waals surface area contributed by atoms with E-state index in [2.05, 4.69) is 29.6 Å². The largest absolute Gasteiger partial charge is 0.314 e. The average Bonchev–Trinajstić information content (AvgIpc) is 2.05. The van der Waals surface area contributed by atoms with Crippen LogP contribution in [0.1, 0.15) is 12.0 Å². The van der Waals surface area contributed by atoms with Crippen molar-refractivity contribution < 1.29 is 5.32 Å². The molecule has 0 amide bonds. The van der Waals surface area contributed by atoms with Gasteiger partial charge in [0, 0.05) is 12.0 Å². The summed E-state index contributed by atoms with van der Waals surface area (Å²) in [6.45, 7) is 1.26. The van der Waals surface area contributed by atoms with Gasteiger partial charge in [-0.2, -0.15) is 0 Å². The van der Waals surface area contributed by atoms with Crippen LogP contribution in [0.4, 0.5) is 5.69 Å². The number of hydrogen-bond acceptors (Lipinski definition) is 0. The Kier molecular flexibility index (Phi) is 1.44. The first-order chi connectivity index (χ1) is 4.97. The van der Waals surface area contributed by atoms with Crippen molar-refractivity contribution in [1.82, 2.24) is 0 Å². The van der Waals surface area contributed by atoms with Crippen molar-refractivity contribution in [3.05, 3.63) is 29.8 Å². The molecule has 0 aliphatic carbocycles. The molecule has 1 aliphatic rings. The molecular formula is C9H12N+. The van der Waals surface area contributed by atoms with Crippen molar-refractivity contribution in [2.45, 2.75) is 12.8 Å². The van der Waals surface area contributed by atoms with E-state index in [1.165, 1.54) is 30.6 Å². The van der Waals surface area contributed by atoms with Crippen LogP contribution in [-0.4, -0.2) is 6.54 Å². The molecule has 0 fully saturated rings. The first-order valence-corrected chi connectivity index (χ1v) is 3.88. The molecule has 0 bridgehead atoms. The van der Waals surface area contributed by atoms with Crippen LogP contribution in [0.2, 0.25) is 0 Å². The lowest BCUT2D eigenvalue weighted by Gasteiger charge is -2.11. The predicted molar refractivity (Wildman–Crippen MR) is 41.2 cm³/mol. The Morgan fingerprint density at radius 3 is 3.00 bits per heavy atom.